The molecule has 0 saturated carbocycles. The van der Waals surface area contributed by atoms with Gasteiger partial charge in [0.25, 0.3) is 0 Å². The third-order valence-electron chi connectivity index (χ3n) is 2.45. The molecule has 1 saturated heterocycles. The molecule has 0 bridgehead atoms. The van der Waals surface area contributed by atoms with Gasteiger partial charge < -0.3 is 5.32 Å². The highest BCUT2D eigenvalue weighted by Gasteiger charge is 2.26. The van der Waals surface area contributed by atoms with Crippen molar-refractivity contribution in [2.45, 2.75) is 6.42 Å². The molecule has 0 aromatic carbocycles. The van der Waals surface area contributed by atoms with Gasteiger partial charge in [-0.25, -0.2) is 4.98 Å². The number of amides is 1. The highest BCUT2D eigenvalue weighted by atomic mass is 35.5. The van der Waals surface area contributed by atoms with E-state index >= 15 is 0 Å². The van der Waals surface area contributed by atoms with Gasteiger partial charge in [-0.05, 0) is 13.0 Å². The van der Waals surface area contributed by atoms with Crippen molar-refractivity contribution in [3.05, 3.63) is 11.6 Å². The van der Waals surface area contributed by atoms with E-state index in [9.17, 15) is 4.79 Å². The van der Waals surface area contributed by atoms with Gasteiger partial charge in [-0.1, -0.05) is 0 Å². The Balaban J connectivity index is 0.00000112. The van der Waals surface area contributed by atoms with Crippen LogP contribution in [0.25, 0.3) is 0 Å². The first-order valence-electron chi connectivity index (χ1n) is 4.67. The molecule has 1 aromatic heterocycles. The van der Waals surface area contributed by atoms with E-state index in [1.165, 1.54) is 11.3 Å². The minimum absolute atomic E-state index is 0. The van der Waals surface area contributed by atoms with Crippen LogP contribution in [0.1, 0.15) is 6.42 Å². The zero-order chi connectivity index (χ0) is 9.97. The molecule has 1 aliphatic rings. The van der Waals surface area contributed by atoms with E-state index in [0.29, 0.717) is 0 Å². The maximum atomic E-state index is 11.9. The Kier molecular flexibility index (Phi) is 4.50. The predicted molar refractivity (Wildman–Crippen MR) is 63.7 cm³/mol. The maximum absolute atomic E-state index is 11.9. The summed E-state index contributed by atoms with van der Waals surface area (Å²) in [4.78, 5) is 17.7. The fraction of sp³-hybridized carbons (Fsp3) is 0.556. The van der Waals surface area contributed by atoms with E-state index < -0.39 is 0 Å². The van der Waals surface area contributed by atoms with E-state index in [1.54, 1.807) is 18.1 Å². The van der Waals surface area contributed by atoms with Crippen molar-refractivity contribution in [1.29, 1.82) is 0 Å². The first kappa shape index (κ1) is 12.4. The van der Waals surface area contributed by atoms with Gasteiger partial charge in [-0.3, -0.25) is 9.69 Å². The number of hydrogen-bond donors (Lipinski definition) is 1. The molecule has 6 heteroatoms. The molecule has 1 amide bonds. The van der Waals surface area contributed by atoms with Crippen LogP contribution in [0.3, 0.4) is 0 Å². The predicted octanol–water partition coefficient (Wildman–Crippen LogP) is 1.14. The second kappa shape index (κ2) is 5.44. The highest BCUT2D eigenvalue weighted by Crippen LogP contribution is 2.19. The second-order valence-corrected chi connectivity index (χ2v) is 4.27. The number of anilines is 1. The molecule has 2 heterocycles. The van der Waals surface area contributed by atoms with Crippen LogP contribution >= 0.6 is 23.7 Å². The molecule has 1 aromatic rings. The lowest BCUT2D eigenvalue weighted by Gasteiger charge is -2.17. The largest absolute Gasteiger partial charge is 0.316 e. The Hall–Kier alpha value is -0.650. The second-order valence-electron chi connectivity index (χ2n) is 3.40. The maximum Gasteiger partial charge on any atom is 0.232 e. The summed E-state index contributed by atoms with van der Waals surface area (Å²) in [5.41, 5.74) is 0. The molecule has 84 valence electrons. The lowest BCUT2D eigenvalue weighted by molar-refractivity contribution is -0.121. The average molecular weight is 248 g/mol. The van der Waals surface area contributed by atoms with E-state index in [4.69, 9.17) is 0 Å². The van der Waals surface area contributed by atoms with Crippen LogP contribution < -0.4 is 10.2 Å². The highest BCUT2D eigenvalue weighted by molar-refractivity contribution is 7.13. The van der Waals surface area contributed by atoms with Crippen molar-refractivity contribution in [3.63, 3.8) is 0 Å². The summed E-state index contributed by atoms with van der Waals surface area (Å²) in [6.07, 6.45) is 2.66. The first-order chi connectivity index (χ1) is 6.79. The van der Waals surface area contributed by atoms with Crippen molar-refractivity contribution in [2.24, 2.45) is 5.92 Å². The number of aromatic nitrogens is 1. The molecule has 0 unspecified atom stereocenters. The SMILES string of the molecule is CN(C(=O)[C@H]1CCNC1)c1nccs1.Cl. The number of hydrogen-bond acceptors (Lipinski definition) is 4. The molecule has 0 radical (unpaired) electrons. The first-order valence-corrected chi connectivity index (χ1v) is 5.55. The van der Waals surface area contributed by atoms with Gasteiger partial charge in [0.1, 0.15) is 0 Å². The molecule has 0 aliphatic carbocycles. The minimum atomic E-state index is 0. The summed E-state index contributed by atoms with van der Waals surface area (Å²) in [7, 11) is 1.79. The van der Waals surface area contributed by atoms with Crippen LogP contribution in [0.2, 0.25) is 0 Å². The lowest BCUT2D eigenvalue weighted by atomic mass is 10.1. The zero-order valence-electron chi connectivity index (χ0n) is 8.47. The number of halogens is 1. The summed E-state index contributed by atoms with van der Waals surface area (Å²) < 4.78 is 0. The monoisotopic (exact) mass is 247 g/mol. The average Bonchev–Trinajstić information content (AvgIpc) is 2.87. The standard InChI is InChI=1S/C9H13N3OS.ClH/c1-12(9-11-4-5-14-9)8(13)7-2-3-10-6-7;/h4-5,7,10H,2-3,6H2,1H3;1H/t7-;/m0./s1. The van der Waals surface area contributed by atoms with Crippen LogP contribution in [0, 0.1) is 5.92 Å². The smallest absolute Gasteiger partial charge is 0.232 e. The number of rotatable bonds is 2. The van der Waals surface area contributed by atoms with E-state index in [0.717, 1.165) is 24.6 Å². The minimum Gasteiger partial charge on any atom is -0.316 e. The summed E-state index contributed by atoms with van der Waals surface area (Å²) in [5, 5.41) is 5.85. The Labute approximate surface area is 99.1 Å². The Morgan fingerprint density at radius 2 is 2.53 bits per heavy atom. The Morgan fingerprint density at radius 3 is 3.07 bits per heavy atom. The molecule has 4 nitrogen and oxygen atoms in total. The molecule has 1 atom stereocenters. The van der Waals surface area contributed by atoms with E-state index in [-0.39, 0.29) is 24.2 Å². The number of nitrogens with one attached hydrogen (secondary N) is 1. The molecule has 1 fully saturated rings. The number of carbonyl (C=O) groups excluding carboxylic acids is 1. The molecule has 1 N–H and O–H groups in total. The number of nitrogens with zero attached hydrogens (tertiary/aromatic N) is 2. The fourth-order valence-electron chi connectivity index (χ4n) is 1.62. The number of carbonyl (C=O) groups is 1. The van der Waals surface area contributed by atoms with Crippen LogP contribution in [0.4, 0.5) is 5.13 Å². The van der Waals surface area contributed by atoms with E-state index in [2.05, 4.69) is 10.3 Å². The van der Waals surface area contributed by atoms with Crippen LogP contribution in [-0.4, -0.2) is 31.0 Å². The van der Waals surface area contributed by atoms with Gasteiger partial charge >= 0.3 is 0 Å². The normalized spacial score (nSPS) is 19.7. The third-order valence-corrected chi connectivity index (χ3v) is 3.29. The molecule has 15 heavy (non-hydrogen) atoms. The number of thiazole rings is 1. The van der Waals surface area contributed by atoms with Crippen LogP contribution in [-0.2, 0) is 4.79 Å². The van der Waals surface area contributed by atoms with Gasteiger partial charge in [-0.2, -0.15) is 0 Å². The fourth-order valence-corrected chi connectivity index (χ4v) is 2.23. The summed E-state index contributed by atoms with van der Waals surface area (Å²) in [5.74, 6) is 0.300. The molecular weight excluding hydrogens is 234 g/mol. The van der Waals surface area contributed by atoms with Gasteiger partial charge in [0, 0.05) is 25.2 Å². The summed E-state index contributed by atoms with van der Waals surface area (Å²) in [6, 6.07) is 0. The molecule has 0 spiro atoms. The molecular formula is C9H14ClN3OS. The van der Waals surface area contributed by atoms with Gasteiger partial charge in [0.05, 0.1) is 5.92 Å². The van der Waals surface area contributed by atoms with E-state index in [1.807, 2.05) is 5.38 Å². The van der Waals surface area contributed by atoms with Gasteiger partial charge in [-0.15, -0.1) is 23.7 Å². The van der Waals surface area contributed by atoms with Crippen LogP contribution in [0.15, 0.2) is 11.6 Å². The Bertz CT molecular complexity index is 311. The van der Waals surface area contributed by atoms with Crippen molar-refractivity contribution in [3.8, 4) is 0 Å². The summed E-state index contributed by atoms with van der Waals surface area (Å²) in [6.45, 7) is 1.75. The van der Waals surface area contributed by atoms with Crippen molar-refractivity contribution in [1.82, 2.24) is 10.3 Å². The third kappa shape index (κ3) is 2.68. The van der Waals surface area contributed by atoms with Crippen molar-refractivity contribution >= 4 is 34.8 Å². The molecule has 1 aliphatic heterocycles. The quantitative estimate of drug-likeness (QED) is 0.853. The van der Waals surface area contributed by atoms with Gasteiger partial charge in [0.15, 0.2) is 5.13 Å². The van der Waals surface area contributed by atoms with Gasteiger partial charge in [0.2, 0.25) is 5.91 Å². The lowest BCUT2D eigenvalue weighted by Crippen LogP contribution is -2.33. The van der Waals surface area contributed by atoms with Crippen molar-refractivity contribution in [2.75, 3.05) is 25.0 Å². The molecule has 2 rings (SSSR count). The summed E-state index contributed by atoms with van der Waals surface area (Å²) >= 11 is 1.49. The van der Waals surface area contributed by atoms with Crippen LogP contribution in [0.5, 0.6) is 0 Å². The topological polar surface area (TPSA) is 45.2 Å². The van der Waals surface area contributed by atoms with Crippen molar-refractivity contribution < 1.29 is 4.79 Å². The Morgan fingerprint density at radius 1 is 1.73 bits per heavy atom. The zero-order valence-corrected chi connectivity index (χ0v) is 10.1.